The molecule has 0 radical (unpaired) electrons. The van der Waals surface area contributed by atoms with Gasteiger partial charge in [0.15, 0.2) is 0 Å². The quantitative estimate of drug-likeness (QED) is 0.943. The Hall–Kier alpha value is -2.28. The monoisotopic (exact) mass is 316 g/mol. The number of hydrogen-bond acceptors (Lipinski definition) is 5. The first-order chi connectivity index (χ1) is 10.6. The molecule has 2 heterocycles. The van der Waals surface area contributed by atoms with Gasteiger partial charge in [-0.05, 0) is 44.0 Å². The Morgan fingerprint density at radius 3 is 2.41 bits per heavy atom. The van der Waals surface area contributed by atoms with Crippen molar-refractivity contribution in [1.82, 2.24) is 15.1 Å². The van der Waals surface area contributed by atoms with Crippen molar-refractivity contribution in [2.24, 2.45) is 0 Å². The number of carbonyl (C=O) groups excluding carboxylic acids is 2. The predicted octanol–water partition coefficient (Wildman–Crippen LogP) is 2.33. The topological polar surface area (TPSA) is 75.2 Å². The lowest BCUT2D eigenvalue weighted by Gasteiger charge is -2.15. The van der Waals surface area contributed by atoms with E-state index in [1.807, 2.05) is 4.90 Å². The molecule has 0 atom stereocenters. The second kappa shape index (κ2) is 6.23. The maximum atomic E-state index is 12.2. The van der Waals surface area contributed by atoms with Crippen LogP contribution in [-0.2, 0) is 0 Å². The summed E-state index contributed by atoms with van der Waals surface area (Å²) in [6.07, 6.45) is 2.14. The molecular weight excluding hydrogens is 300 g/mol. The van der Waals surface area contributed by atoms with E-state index in [-0.39, 0.29) is 11.8 Å². The van der Waals surface area contributed by atoms with Gasteiger partial charge in [-0.25, -0.2) is 0 Å². The molecule has 22 heavy (non-hydrogen) atoms. The number of nitrogens with zero attached hydrogens (tertiary/aromatic N) is 3. The molecule has 3 rings (SSSR count). The Balaban J connectivity index is 1.66. The minimum absolute atomic E-state index is 0.0510. The summed E-state index contributed by atoms with van der Waals surface area (Å²) >= 11 is 1.24. The number of aryl methyl sites for hydroxylation is 1. The second-order valence-electron chi connectivity index (χ2n) is 5.16. The van der Waals surface area contributed by atoms with Crippen LogP contribution in [0, 0.1) is 6.92 Å². The first-order valence-electron chi connectivity index (χ1n) is 7.14. The van der Waals surface area contributed by atoms with Crippen LogP contribution in [0.1, 0.15) is 38.0 Å². The first-order valence-corrected chi connectivity index (χ1v) is 7.96. The SMILES string of the molecule is Cc1nnc(C(=O)Nc2ccc(C(=O)N3CCCC3)cc2)s1. The number of benzene rings is 1. The number of anilines is 1. The zero-order chi connectivity index (χ0) is 15.5. The van der Waals surface area contributed by atoms with Crippen molar-refractivity contribution in [2.75, 3.05) is 18.4 Å². The Kier molecular flexibility index (Phi) is 4.15. The minimum atomic E-state index is -0.288. The molecule has 1 aromatic carbocycles. The molecule has 114 valence electrons. The maximum Gasteiger partial charge on any atom is 0.286 e. The summed E-state index contributed by atoms with van der Waals surface area (Å²) in [6, 6.07) is 6.94. The molecule has 0 unspecified atom stereocenters. The third kappa shape index (κ3) is 3.14. The van der Waals surface area contributed by atoms with Gasteiger partial charge in [-0.2, -0.15) is 0 Å². The highest BCUT2D eigenvalue weighted by atomic mass is 32.1. The summed E-state index contributed by atoms with van der Waals surface area (Å²) in [6.45, 7) is 3.45. The van der Waals surface area contributed by atoms with E-state index in [9.17, 15) is 9.59 Å². The van der Waals surface area contributed by atoms with Crippen molar-refractivity contribution < 1.29 is 9.59 Å². The molecule has 1 aliphatic rings. The summed E-state index contributed by atoms with van der Waals surface area (Å²) in [7, 11) is 0. The van der Waals surface area contributed by atoms with Gasteiger partial charge in [0.1, 0.15) is 5.01 Å². The van der Waals surface area contributed by atoms with Crippen molar-refractivity contribution in [2.45, 2.75) is 19.8 Å². The number of carbonyl (C=O) groups is 2. The normalized spacial score (nSPS) is 14.1. The van der Waals surface area contributed by atoms with Crippen LogP contribution < -0.4 is 5.32 Å². The van der Waals surface area contributed by atoms with Crippen LogP contribution in [0.15, 0.2) is 24.3 Å². The van der Waals surface area contributed by atoms with E-state index < -0.39 is 0 Å². The lowest BCUT2D eigenvalue weighted by molar-refractivity contribution is 0.0792. The number of likely N-dealkylation sites (tertiary alicyclic amines) is 1. The molecule has 2 aromatic rings. The van der Waals surface area contributed by atoms with Crippen molar-refractivity contribution in [3.05, 3.63) is 39.8 Å². The van der Waals surface area contributed by atoms with Gasteiger partial charge in [0.05, 0.1) is 0 Å². The molecule has 1 aromatic heterocycles. The van der Waals surface area contributed by atoms with Crippen molar-refractivity contribution >= 4 is 28.8 Å². The van der Waals surface area contributed by atoms with Crippen LogP contribution in [0.5, 0.6) is 0 Å². The molecule has 1 saturated heterocycles. The van der Waals surface area contributed by atoms with Crippen LogP contribution in [0.3, 0.4) is 0 Å². The van der Waals surface area contributed by atoms with Gasteiger partial charge >= 0.3 is 0 Å². The smallest absolute Gasteiger partial charge is 0.286 e. The van der Waals surface area contributed by atoms with Crippen molar-refractivity contribution in [3.63, 3.8) is 0 Å². The summed E-state index contributed by atoms with van der Waals surface area (Å²) in [5, 5.41) is 11.5. The van der Waals surface area contributed by atoms with Crippen LogP contribution in [-0.4, -0.2) is 40.0 Å². The Labute approximate surface area is 132 Å². The molecule has 1 aliphatic heterocycles. The fraction of sp³-hybridized carbons (Fsp3) is 0.333. The molecule has 0 saturated carbocycles. The standard InChI is InChI=1S/C15H16N4O2S/c1-10-17-18-14(22-10)13(20)16-12-6-4-11(5-7-12)15(21)19-8-2-3-9-19/h4-7H,2-3,8-9H2,1H3,(H,16,20). The molecule has 2 amide bonds. The molecule has 1 fully saturated rings. The zero-order valence-electron chi connectivity index (χ0n) is 12.2. The molecular formula is C15H16N4O2S. The fourth-order valence-corrected chi connectivity index (χ4v) is 2.96. The highest BCUT2D eigenvalue weighted by Gasteiger charge is 2.19. The number of hydrogen-bond donors (Lipinski definition) is 1. The summed E-state index contributed by atoms with van der Waals surface area (Å²) < 4.78 is 0. The Morgan fingerprint density at radius 2 is 1.82 bits per heavy atom. The average Bonchev–Trinajstić information content (AvgIpc) is 3.18. The van der Waals surface area contributed by atoms with Crippen LogP contribution in [0.25, 0.3) is 0 Å². The van der Waals surface area contributed by atoms with Gasteiger partial charge in [0.25, 0.3) is 11.8 Å². The van der Waals surface area contributed by atoms with E-state index >= 15 is 0 Å². The lowest BCUT2D eigenvalue weighted by atomic mass is 10.2. The molecule has 6 nitrogen and oxygen atoms in total. The highest BCUT2D eigenvalue weighted by molar-refractivity contribution is 7.13. The highest BCUT2D eigenvalue weighted by Crippen LogP contribution is 2.16. The average molecular weight is 316 g/mol. The van der Waals surface area contributed by atoms with E-state index in [1.165, 1.54) is 11.3 Å². The van der Waals surface area contributed by atoms with Crippen molar-refractivity contribution in [3.8, 4) is 0 Å². The largest absolute Gasteiger partial charge is 0.339 e. The van der Waals surface area contributed by atoms with E-state index in [2.05, 4.69) is 15.5 Å². The number of aromatic nitrogens is 2. The molecule has 0 spiro atoms. The number of nitrogens with one attached hydrogen (secondary N) is 1. The van der Waals surface area contributed by atoms with E-state index in [0.29, 0.717) is 16.3 Å². The molecule has 0 aliphatic carbocycles. The van der Waals surface area contributed by atoms with Crippen molar-refractivity contribution in [1.29, 1.82) is 0 Å². The summed E-state index contributed by atoms with van der Waals surface area (Å²) in [5.41, 5.74) is 1.28. The fourth-order valence-electron chi connectivity index (χ4n) is 2.37. The third-order valence-electron chi connectivity index (χ3n) is 3.50. The molecule has 7 heteroatoms. The number of rotatable bonds is 3. The molecule has 0 bridgehead atoms. The summed E-state index contributed by atoms with van der Waals surface area (Å²) in [5.74, 6) is -0.237. The van der Waals surface area contributed by atoms with Gasteiger partial charge in [-0.3, -0.25) is 9.59 Å². The van der Waals surface area contributed by atoms with E-state index in [4.69, 9.17) is 0 Å². The molecule has 1 N–H and O–H groups in total. The number of amides is 2. The third-order valence-corrected chi connectivity index (χ3v) is 4.34. The van der Waals surface area contributed by atoms with Gasteiger partial charge < -0.3 is 10.2 Å². The van der Waals surface area contributed by atoms with E-state index in [1.54, 1.807) is 31.2 Å². The Bertz CT molecular complexity index is 690. The summed E-state index contributed by atoms with van der Waals surface area (Å²) in [4.78, 5) is 26.1. The maximum absolute atomic E-state index is 12.2. The minimum Gasteiger partial charge on any atom is -0.339 e. The van der Waals surface area contributed by atoms with Gasteiger partial charge in [0.2, 0.25) is 5.01 Å². The second-order valence-corrected chi connectivity index (χ2v) is 6.34. The first kappa shape index (κ1) is 14.6. The van der Waals surface area contributed by atoms with Crippen LogP contribution in [0.4, 0.5) is 5.69 Å². The van der Waals surface area contributed by atoms with Crippen LogP contribution in [0.2, 0.25) is 0 Å². The predicted molar refractivity (Wildman–Crippen MR) is 84.2 cm³/mol. The Morgan fingerprint density at radius 1 is 1.14 bits per heavy atom. The van der Waals surface area contributed by atoms with Gasteiger partial charge in [-0.15, -0.1) is 10.2 Å². The van der Waals surface area contributed by atoms with Crippen LogP contribution >= 0.6 is 11.3 Å². The lowest BCUT2D eigenvalue weighted by Crippen LogP contribution is -2.27. The van der Waals surface area contributed by atoms with Gasteiger partial charge in [0, 0.05) is 24.3 Å². The van der Waals surface area contributed by atoms with Gasteiger partial charge in [-0.1, -0.05) is 11.3 Å². The van der Waals surface area contributed by atoms with E-state index in [0.717, 1.165) is 30.9 Å². The zero-order valence-corrected chi connectivity index (χ0v) is 13.0.